The van der Waals surface area contributed by atoms with E-state index in [1.54, 1.807) is 29.4 Å². The SMILES string of the molecule is C=CC(=O)N1CCn2nc(-c3nc(-c4ccc5c(c4)CCNC5)c4ccsc4c3-c3ccc(F)cc3OCCOC)nc2C1.[HH]. The van der Waals surface area contributed by atoms with Gasteiger partial charge in [0, 0.05) is 54.5 Å². The fourth-order valence-corrected chi connectivity index (χ4v) is 6.85. The lowest BCUT2D eigenvalue weighted by Crippen LogP contribution is -2.37. The number of methoxy groups -OCH3 is 1. The Morgan fingerprint density at radius 3 is 2.91 bits per heavy atom. The smallest absolute Gasteiger partial charge is 0.246 e. The summed E-state index contributed by atoms with van der Waals surface area (Å²) in [6.07, 6.45) is 2.27. The molecule has 2 aliphatic rings. The van der Waals surface area contributed by atoms with Crippen molar-refractivity contribution in [1.82, 2.24) is 30.0 Å². The largest absolute Gasteiger partial charge is 0.490 e. The summed E-state index contributed by atoms with van der Waals surface area (Å²) >= 11 is 1.59. The second kappa shape index (κ2) is 11.9. The molecule has 44 heavy (non-hydrogen) atoms. The minimum atomic E-state index is -0.402. The molecule has 0 radical (unpaired) electrons. The van der Waals surface area contributed by atoms with Gasteiger partial charge in [0.05, 0.1) is 25.4 Å². The van der Waals surface area contributed by atoms with E-state index in [0.717, 1.165) is 46.4 Å². The number of nitrogens with one attached hydrogen (secondary N) is 1. The average Bonchev–Trinajstić information content (AvgIpc) is 3.71. The van der Waals surface area contributed by atoms with Gasteiger partial charge in [0.2, 0.25) is 11.7 Å². The van der Waals surface area contributed by atoms with Crippen LogP contribution in [0.25, 0.3) is 44.0 Å². The van der Waals surface area contributed by atoms with Gasteiger partial charge in [-0.05, 0) is 59.8 Å². The van der Waals surface area contributed by atoms with Crippen LogP contribution in [0.3, 0.4) is 0 Å². The summed E-state index contributed by atoms with van der Waals surface area (Å²) in [4.78, 5) is 24.3. The Labute approximate surface area is 259 Å². The normalized spacial score (nSPS) is 14.4. The molecule has 0 bridgehead atoms. The number of hydrogen-bond donors (Lipinski definition) is 1. The Bertz CT molecular complexity index is 1910. The van der Waals surface area contributed by atoms with Crippen molar-refractivity contribution >= 4 is 27.3 Å². The summed E-state index contributed by atoms with van der Waals surface area (Å²) in [7, 11) is 1.60. The Kier molecular flexibility index (Phi) is 7.67. The molecule has 0 unspecified atom stereocenters. The van der Waals surface area contributed by atoms with Gasteiger partial charge in [-0.15, -0.1) is 16.4 Å². The molecular formula is C33H33FN6O3S. The lowest BCUT2D eigenvalue weighted by atomic mass is 9.94. The van der Waals surface area contributed by atoms with Crippen LogP contribution in [0.2, 0.25) is 0 Å². The minimum Gasteiger partial charge on any atom is -0.490 e. The van der Waals surface area contributed by atoms with E-state index in [9.17, 15) is 9.18 Å². The molecule has 1 amide bonds. The summed E-state index contributed by atoms with van der Waals surface area (Å²) < 4.78 is 28.6. The number of carbonyl (C=O) groups is 1. The molecule has 9 nitrogen and oxygen atoms in total. The van der Waals surface area contributed by atoms with Crippen molar-refractivity contribution in [2.45, 2.75) is 26.1 Å². The molecular weight excluding hydrogens is 579 g/mol. The van der Waals surface area contributed by atoms with Crippen molar-refractivity contribution < 1.29 is 20.1 Å². The highest BCUT2D eigenvalue weighted by atomic mass is 32.1. The van der Waals surface area contributed by atoms with E-state index >= 15 is 0 Å². The molecule has 2 aliphatic heterocycles. The third-order valence-corrected chi connectivity index (χ3v) is 9.02. The van der Waals surface area contributed by atoms with E-state index in [2.05, 4.69) is 36.2 Å². The number of amides is 1. The van der Waals surface area contributed by atoms with Crippen molar-refractivity contribution in [3.05, 3.63) is 83.3 Å². The van der Waals surface area contributed by atoms with Crippen LogP contribution in [-0.2, 0) is 35.6 Å². The predicted octanol–water partition coefficient (Wildman–Crippen LogP) is 5.47. The predicted molar refractivity (Wildman–Crippen MR) is 170 cm³/mol. The van der Waals surface area contributed by atoms with Crippen LogP contribution < -0.4 is 10.1 Å². The van der Waals surface area contributed by atoms with Gasteiger partial charge in [0.1, 0.15) is 29.7 Å². The molecule has 0 spiro atoms. The molecule has 11 heteroatoms. The van der Waals surface area contributed by atoms with Crippen LogP contribution in [0.4, 0.5) is 4.39 Å². The Morgan fingerprint density at radius 1 is 1.14 bits per heavy atom. The Morgan fingerprint density at radius 2 is 2.05 bits per heavy atom. The first-order chi connectivity index (χ1) is 21.5. The molecule has 0 fully saturated rings. The number of carbonyl (C=O) groups excluding carboxylic acids is 1. The maximum atomic E-state index is 14.6. The first-order valence-electron chi connectivity index (χ1n) is 14.5. The molecule has 0 saturated carbocycles. The number of fused-ring (bicyclic) bond motifs is 3. The second-order valence-electron chi connectivity index (χ2n) is 10.8. The maximum absolute atomic E-state index is 14.6. The summed E-state index contributed by atoms with van der Waals surface area (Å²) in [6, 6.07) is 13.2. The van der Waals surface area contributed by atoms with Gasteiger partial charge in [0.15, 0.2) is 0 Å². The van der Waals surface area contributed by atoms with Crippen LogP contribution in [0.5, 0.6) is 5.75 Å². The maximum Gasteiger partial charge on any atom is 0.246 e. The Balaban J connectivity index is 0.00000357. The molecule has 0 saturated heterocycles. The number of pyridine rings is 1. The van der Waals surface area contributed by atoms with Crippen LogP contribution in [0.1, 0.15) is 18.4 Å². The van der Waals surface area contributed by atoms with E-state index in [1.807, 2.05) is 10.1 Å². The molecule has 0 atom stereocenters. The van der Waals surface area contributed by atoms with Crippen molar-refractivity contribution in [2.24, 2.45) is 0 Å². The molecule has 226 valence electrons. The lowest BCUT2D eigenvalue weighted by Gasteiger charge is -2.25. The molecule has 0 aliphatic carbocycles. The summed E-state index contributed by atoms with van der Waals surface area (Å²) in [5.74, 6) is 0.947. The number of aromatic nitrogens is 4. The van der Waals surface area contributed by atoms with Gasteiger partial charge in [-0.3, -0.25) is 4.79 Å². The minimum absolute atomic E-state index is 0. The highest BCUT2D eigenvalue weighted by molar-refractivity contribution is 7.18. The number of rotatable bonds is 8. The molecule has 2 aromatic carbocycles. The highest BCUT2D eigenvalue weighted by Gasteiger charge is 2.28. The van der Waals surface area contributed by atoms with Gasteiger partial charge < -0.3 is 19.7 Å². The number of ether oxygens (including phenoxy) is 2. The Hall–Kier alpha value is -4.45. The van der Waals surface area contributed by atoms with Crippen LogP contribution in [0.15, 0.2) is 60.5 Å². The van der Waals surface area contributed by atoms with Gasteiger partial charge in [-0.2, -0.15) is 0 Å². The number of nitrogens with zero attached hydrogens (tertiary/aromatic N) is 5. The van der Waals surface area contributed by atoms with Crippen molar-refractivity contribution in [2.75, 3.05) is 33.4 Å². The van der Waals surface area contributed by atoms with Gasteiger partial charge in [-0.1, -0.05) is 18.7 Å². The molecule has 1 N–H and O–H groups in total. The fourth-order valence-electron chi connectivity index (χ4n) is 5.89. The van der Waals surface area contributed by atoms with E-state index in [-0.39, 0.29) is 13.9 Å². The number of thiophene rings is 1. The fraction of sp³-hybridized carbons (Fsp3) is 0.273. The summed E-state index contributed by atoms with van der Waals surface area (Å²) in [5, 5.41) is 11.4. The highest BCUT2D eigenvalue weighted by Crippen LogP contribution is 2.45. The molecule has 7 rings (SSSR count). The van der Waals surface area contributed by atoms with Crippen molar-refractivity contribution in [1.29, 1.82) is 0 Å². The quantitative estimate of drug-likeness (QED) is 0.183. The molecule has 5 aromatic rings. The number of halogens is 1. The van der Waals surface area contributed by atoms with Gasteiger partial charge in [-0.25, -0.2) is 19.0 Å². The zero-order valence-corrected chi connectivity index (χ0v) is 25.1. The lowest BCUT2D eigenvalue weighted by molar-refractivity contribution is -0.127. The monoisotopic (exact) mass is 612 g/mol. The third kappa shape index (κ3) is 5.17. The van der Waals surface area contributed by atoms with E-state index in [0.29, 0.717) is 54.9 Å². The first-order valence-corrected chi connectivity index (χ1v) is 15.4. The zero-order chi connectivity index (χ0) is 30.2. The average molecular weight is 613 g/mol. The topological polar surface area (TPSA) is 94.4 Å². The van der Waals surface area contributed by atoms with E-state index in [4.69, 9.17) is 24.5 Å². The van der Waals surface area contributed by atoms with E-state index < -0.39 is 5.82 Å². The zero-order valence-electron chi connectivity index (χ0n) is 24.3. The molecule has 5 heterocycles. The summed E-state index contributed by atoms with van der Waals surface area (Å²) in [5.41, 5.74) is 6.50. The molecule has 3 aromatic heterocycles. The van der Waals surface area contributed by atoms with Crippen LogP contribution >= 0.6 is 11.3 Å². The third-order valence-electron chi connectivity index (χ3n) is 8.09. The first kappa shape index (κ1) is 28.3. The van der Waals surface area contributed by atoms with Gasteiger partial charge >= 0.3 is 0 Å². The van der Waals surface area contributed by atoms with Gasteiger partial charge in [0.25, 0.3) is 0 Å². The number of benzene rings is 2. The number of hydrogen-bond acceptors (Lipinski definition) is 8. The van der Waals surface area contributed by atoms with Crippen molar-refractivity contribution in [3.8, 4) is 39.7 Å². The summed E-state index contributed by atoms with van der Waals surface area (Å²) in [6.45, 7) is 7.37. The van der Waals surface area contributed by atoms with Crippen LogP contribution in [-0.4, -0.2) is 64.0 Å². The van der Waals surface area contributed by atoms with Crippen molar-refractivity contribution in [3.63, 3.8) is 0 Å². The van der Waals surface area contributed by atoms with Crippen LogP contribution in [0, 0.1) is 5.82 Å². The second-order valence-corrected chi connectivity index (χ2v) is 11.7. The van der Waals surface area contributed by atoms with E-state index in [1.165, 1.54) is 29.3 Å². The standard InChI is InChI=1S/C33H31FN6O3S.H2/c1-3-28(41)39-11-12-40-27(19-39)36-33(38-40)31-29(24-7-6-23(34)17-26(24)43-14-13-42-2)32-25(9-15-44-32)30(37-31)21-4-5-22-18-35-10-8-20(22)16-21;/h3-7,9,15-17,35H,1,8,10-14,18-19H2,2H3;1H.